The van der Waals surface area contributed by atoms with Gasteiger partial charge < -0.3 is 5.11 Å². The Labute approximate surface area is 102 Å². The molecule has 7 heteroatoms. The molecule has 0 bridgehead atoms. The average Bonchev–Trinajstić information content (AvgIpc) is 2.14. The number of halogens is 4. The van der Waals surface area contributed by atoms with Gasteiger partial charge in [-0.25, -0.2) is 4.79 Å². The van der Waals surface area contributed by atoms with Gasteiger partial charge in [0.25, 0.3) is 0 Å². The van der Waals surface area contributed by atoms with Crippen LogP contribution in [0.3, 0.4) is 0 Å². The Morgan fingerprint density at radius 1 is 1.44 bits per heavy atom. The number of rotatable bonds is 2. The van der Waals surface area contributed by atoms with Crippen molar-refractivity contribution in [1.29, 1.82) is 0 Å². The van der Waals surface area contributed by atoms with Gasteiger partial charge in [-0.15, -0.1) is 0 Å². The lowest BCUT2D eigenvalue weighted by atomic mass is 10.2. The maximum atomic E-state index is 12.4. The summed E-state index contributed by atoms with van der Waals surface area (Å²) in [5.74, 6) is -1.23. The zero-order chi connectivity index (χ0) is 12.3. The number of carboxylic acids is 1. The molecule has 3 nitrogen and oxygen atoms in total. The minimum atomic E-state index is -4.49. The number of pyridine rings is 1. The van der Waals surface area contributed by atoms with Gasteiger partial charge in [-0.1, -0.05) is 0 Å². The standard InChI is InChI=1S/C9H5F3INO2/c10-9(11,12)6-4-14-3-5(8(6)13)1-2-7(15)16/h1-4H,(H,15,16)/b2-1+. The van der Waals surface area contributed by atoms with Crippen molar-refractivity contribution in [2.75, 3.05) is 0 Å². The summed E-state index contributed by atoms with van der Waals surface area (Å²) in [4.78, 5) is 13.7. The molecule has 86 valence electrons. The van der Waals surface area contributed by atoms with Gasteiger partial charge in [-0.3, -0.25) is 4.98 Å². The molecule has 0 radical (unpaired) electrons. The lowest BCUT2D eigenvalue weighted by molar-refractivity contribution is -0.138. The van der Waals surface area contributed by atoms with Crippen LogP contribution in [-0.4, -0.2) is 16.1 Å². The zero-order valence-corrected chi connectivity index (χ0v) is 9.78. The molecule has 0 spiro atoms. The van der Waals surface area contributed by atoms with Gasteiger partial charge in [-0.05, 0) is 28.7 Å². The molecule has 0 unspecified atom stereocenters. The first kappa shape index (κ1) is 12.9. The van der Waals surface area contributed by atoms with Gasteiger partial charge >= 0.3 is 12.1 Å². The van der Waals surface area contributed by atoms with Crippen LogP contribution in [-0.2, 0) is 11.0 Å². The van der Waals surface area contributed by atoms with Gasteiger partial charge in [0.1, 0.15) is 0 Å². The van der Waals surface area contributed by atoms with Gasteiger partial charge in [0.15, 0.2) is 0 Å². The molecule has 0 amide bonds. The van der Waals surface area contributed by atoms with Crippen molar-refractivity contribution in [2.45, 2.75) is 6.18 Å². The first-order chi connectivity index (χ1) is 7.32. The molecule has 16 heavy (non-hydrogen) atoms. The van der Waals surface area contributed by atoms with Crippen LogP contribution in [0.5, 0.6) is 0 Å². The van der Waals surface area contributed by atoms with Crippen LogP contribution in [0.4, 0.5) is 13.2 Å². The normalized spacial score (nSPS) is 12.0. The lowest BCUT2D eigenvalue weighted by Gasteiger charge is -2.09. The number of aromatic nitrogens is 1. The highest BCUT2D eigenvalue weighted by Gasteiger charge is 2.33. The summed E-state index contributed by atoms with van der Waals surface area (Å²) in [6.07, 6.45) is -0.765. The Balaban J connectivity index is 3.19. The maximum absolute atomic E-state index is 12.4. The molecule has 1 rings (SSSR count). The predicted molar refractivity (Wildman–Crippen MR) is 58.6 cm³/mol. The summed E-state index contributed by atoms with van der Waals surface area (Å²) < 4.78 is 37.3. The second kappa shape index (κ2) is 4.81. The fourth-order valence-corrected chi connectivity index (χ4v) is 1.70. The lowest BCUT2D eigenvalue weighted by Crippen LogP contribution is -2.09. The van der Waals surface area contributed by atoms with E-state index < -0.39 is 17.7 Å². The van der Waals surface area contributed by atoms with Gasteiger partial charge in [0.2, 0.25) is 0 Å². The van der Waals surface area contributed by atoms with Crippen molar-refractivity contribution < 1.29 is 23.1 Å². The van der Waals surface area contributed by atoms with E-state index in [4.69, 9.17) is 5.11 Å². The second-order valence-corrected chi connectivity index (χ2v) is 3.84. The van der Waals surface area contributed by atoms with Gasteiger partial charge in [0, 0.05) is 27.6 Å². The number of carbonyl (C=O) groups is 1. The Morgan fingerprint density at radius 3 is 2.56 bits per heavy atom. The van der Waals surface area contributed by atoms with E-state index in [-0.39, 0.29) is 9.13 Å². The number of alkyl halides is 3. The highest BCUT2D eigenvalue weighted by molar-refractivity contribution is 14.1. The third-order valence-electron chi connectivity index (χ3n) is 1.62. The number of carboxylic acid groups (broad SMARTS) is 1. The van der Waals surface area contributed by atoms with Crippen molar-refractivity contribution in [1.82, 2.24) is 4.98 Å². The smallest absolute Gasteiger partial charge is 0.418 e. The topological polar surface area (TPSA) is 50.2 Å². The molecule has 0 saturated heterocycles. The third kappa shape index (κ3) is 3.19. The quantitative estimate of drug-likeness (QED) is 0.664. The zero-order valence-electron chi connectivity index (χ0n) is 7.62. The molecule has 0 aromatic carbocycles. The molecular weight excluding hydrogens is 338 g/mol. The molecule has 0 saturated carbocycles. The summed E-state index contributed by atoms with van der Waals surface area (Å²) >= 11 is 1.51. The molecule has 0 aliphatic carbocycles. The van der Waals surface area contributed by atoms with Crippen LogP contribution >= 0.6 is 22.6 Å². The minimum absolute atomic E-state index is 0.0717. The van der Waals surface area contributed by atoms with E-state index in [9.17, 15) is 18.0 Å². The monoisotopic (exact) mass is 343 g/mol. The van der Waals surface area contributed by atoms with Crippen molar-refractivity contribution >= 4 is 34.6 Å². The second-order valence-electron chi connectivity index (χ2n) is 2.76. The van der Waals surface area contributed by atoms with Crippen LogP contribution in [0.15, 0.2) is 18.5 Å². The highest BCUT2D eigenvalue weighted by Crippen LogP contribution is 2.33. The van der Waals surface area contributed by atoms with Crippen molar-refractivity contribution in [2.24, 2.45) is 0 Å². The molecular formula is C9H5F3INO2. The number of hydrogen-bond acceptors (Lipinski definition) is 2. The number of nitrogens with zero attached hydrogens (tertiary/aromatic N) is 1. The van der Waals surface area contributed by atoms with Crippen molar-refractivity contribution in [3.63, 3.8) is 0 Å². The summed E-state index contributed by atoms with van der Waals surface area (Å²) in [5.41, 5.74) is -0.751. The predicted octanol–water partition coefficient (Wildman–Crippen LogP) is 2.80. The van der Waals surface area contributed by atoms with E-state index in [1.807, 2.05) is 0 Å². The average molecular weight is 343 g/mol. The molecule has 0 aliphatic rings. The maximum Gasteiger partial charge on any atom is 0.418 e. The summed E-state index contributed by atoms with van der Waals surface area (Å²) in [6, 6.07) is 0. The SMILES string of the molecule is O=C(O)/C=C/c1cncc(C(F)(F)F)c1I. The largest absolute Gasteiger partial charge is 0.478 e. The fourth-order valence-electron chi connectivity index (χ4n) is 0.936. The summed E-state index contributed by atoms with van der Waals surface area (Å²) in [7, 11) is 0. The van der Waals surface area contributed by atoms with Gasteiger partial charge in [-0.2, -0.15) is 13.2 Å². The molecule has 1 aromatic heterocycles. The first-order valence-electron chi connectivity index (χ1n) is 3.94. The van der Waals surface area contributed by atoms with E-state index in [2.05, 4.69) is 4.98 Å². The van der Waals surface area contributed by atoms with Gasteiger partial charge in [0.05, 0.1) is 5.56 Å². The molecule has 0 atom stereocenters. The van der Waals surface area contributed by atoms with E-state index in [1.54, 1.807) is 0 Å². The van der Waals surface area contributed by atoms with Crippen LogP contribution < -0.4 is 0 Å². The number of aliphatic carboxylic acids is 1. The Kier molecular flexibility index (Phi) is 3.89. The minimum Gasteiger partial charge on any atom is -0.478 e. The van der Waals surface area contributed by atoms with Crippen molar-refractivity contribution in [3.05, 3.63) is 33.2 Å². The van der Waals surface area contributed by atoms with E-state index >= 15 is 0 Å². The van der Waals surface area contributed by atoms with Crippen LogP contribution in [0, 0.1) is 3.57 Å². The highest BCUT2D eigenvalue weighted by atomic mass is 127. The summed E-state index contributed by atoms with van der Waals surface area (Å²) in [5, 5.41) is 8.36. The molecule has 1 N–H and O–H groups in total. The van der Waals surface area contributed by atoms with E-state index in [1.165, 1.54) is 28.8 Å². The van der Waals surface area contributed by atoms with Crippen LogP contribution in [0.2, 0.25) is 0 Å². The Morgan fingerprint density at radius 2 is 2.06 bits per heavy atom. The molecule has 1 heterocycles. The van der Waals surface area contributed by atoms with E-state index in [0.29, 0.717) is 6.20 Å². The molecule has 0 aliphatic heterocycles. The first-order valence-corrected chi connectivity index (χ1v) is 5.02. The molecule has 0 fully saturated rings. The third-order valence-corrected chi connectivity index (χ3v) is 2.82. The fraction of sp³-hybridized carbons (Fsp3) is 0.111. The number of hydrogen-bond donors (Lipinski definition) is 1. The summed E-state index contributed by atoms with van der Waals surface area (Å²) in [6.45, 7) is 0. The van der Waals surface area contributed by atoms with Crippen molar-refractivity contribution in [3.8, 4) is 0 Å². The Bertz CT molecular complexity index is 443. The van der Waals surface area contributed by atoms with E-state index in [0.717, 1.165) is 12.2 Å². The van der Waals surface area contributed by atoms with Crippen LogP contribution in [0.1, 0.15) is 11.1 Å². The Hall–Kier alpha value is -1.12. The van der Waals surface area contributed by atoms with Crippen LogP contribution in [0.25, 0.3) is 6.08 Å². The molecule has 1 aromatic rings.